The predicted octanol–water partition coefficient (Wildman–Crippen LogP) is 1.33. The minimum atomic E-state index is -0.510. The van der Waals surface area contributed by atoms with Crippen LogP contribution in [0.2, 0.25) is 0 Å². The molecule has 0 atom stereocenters. The minimum absolute atomic E-state index is 0.205. The fraction of sp³-hybridized carbons (Fsp3) is 0.154. The summed E-state index contributed by atoms with van der Waals surface area (Å²) in [4.78, 5) is 11.3. The Bertz CT molecular complexity index is 768. The second-order valence-corrected chi connectivity index (χ2v) is 4.13. The molecule has 0 aliphatic heterocycles. The molecule has 0 fully saturated rings. The molecular weight excluding hydrogens is 244 g/mol. The second-order valence-electron chi connectivity index (χ2n) is 4.13. The lowest BCUT2D eigenvalue weighted by Crippen LogP contribution is -2.09. The molecule has 19 heavy (non-hydrogen) atoms. The molecule has 0 aliphatic carbocycles. The summed E-state index contributed by atoms with van der Waals surface area (Å²) in [5.41, 5.74) is 2.17. The molecule has 6 nitrogen and oxygen atoms in total. The van der Waals surface area contributed by atoms with Crippen molar-refractivity contribution in [2.24, 2.45) is 7.05 Å². The van der Waals surface area contributed by atoms with E-state index in [-0.39, 0.29) is 5.89 Å². The molecule has 0 aliphatic rings. The summed E-state index contributed by atoms with van der Waals surface area (Å²) in [6.45, 7) is 1.84. The van der Waals surface area contributed by atoms with Crippen molar-refractivity contribution in [1.29, 1.82) is 0 Å². The van der Waals surface area contributed by atoms with Crippen LogP contribution in [0.4, 0.5) is 0 Å². The van der Waals surface area contributed by atoms with Crippen LogP contribution in [0.3, 0.4) is 0 Å². The standard InChI is InChI=1S/C13H11N4O2/c1-9-8-17(10-6-4-3-5-7-10)14-11(9)12-15-16(2)13(18)19-12/h3-7H,1-2H3. The molecule has 3 aromatic rings. The fourth-order valence-electron chi connectivity index (χ4n) is 1.75. The summed E-state index contributed by atoms with van der Waals surface area (Å²) in [7, 11) is 1.53. The van der Waals surface area contributed by atoms with Gasteiger partial charge >= 0.3 is 5.76 Å². The van der Waals surface area contributed by atoms with Gasteiger partial charge in [0.1, 0.15) is 0 Å². The van der Waals surface area contributed by atoms with Crippen LogP contribution in [0.25, 0.3) is 17.3 Å². The molecule has 0 saturated heterocycles. The van der Waals surface area contributed by atoms with Crippen LogP contribution in [0, 0.1) is 13.1 Å². The maximum atomic E-state index is 11.3. The first-order valence-corrected chi connectivity index (χ1v) is 5.74. The van der Waals surface area contributed by atoms with Crippen molar-refractivity contribution >= 4 is 0 Å². The Kier molecular flexibility index (Phi) is 2.56. The first kappa shape index (κ1) is 11.5. The zero-order valence-corrected chi connectivity index (χ0v) is 10.5. The van der Waals surface area contributed by atoms with Crippen molar-refractivity contribution in [3.63, 3.8) is 0 Å². The topological polar surface area (TPSA) is 65.8 Å². The number of hydrogen-bond acceptors (Lipinski definition) is 4. The number of aromatic nitrogens is 4. The molecule has 95 valence electrons. The van der Waals surface area contributed by atoms with Gasteiger partial charge in [-0.05, 0) is 19.1 Å². The largest absolute Gasteiger partial charge is 0.437 e. The quantitative estimate of drug-likeness (QED) is 0.693. The highest BCUT2D eigenvalue weighted by atomic mass is 16.4. The Morgan fingerprint density at radius 3 is 2.58 bits per heavy atom. The zero-order chi connectivity index (χ0) is 13.4. The van der Waals surface area contributed by atoms with Gasteiger partial charge in [0.15, 0.2) is 5.69 Å². The van der Waals surface area contributed by atoms with Crippen molar-refractivity contribution in [2.45, 2.75) is 6.92 Å². The Labute approximate surface area is 108 Å². The van der Waals surface area contributed by atoms with Crippen LogP contribution in [0.15, 0.2) is 39.5 Å². The summed E-state index contributed by atoms with van der Waals surface area (Å²) in [5, 5.41) is 8.35. The van der Waals surface area contributed by atoms with Crippen molar-refractivity contribution < 1.29 is 4.42 Å². The average Bonchev–Trinajstić information content (AvgIpc) is 2.95. The lowest BCUT2D eigenvalue weighted by atomic mass is 10.3. The number of rotatable bonds is 2. The van der Waals surface area contributed by atoms with Crippen molar-refractivity contribution in [1.82, 2.24) is 19.6 Å². The molecule has 0 saturated carbocycles. The SMILES string of the molecule is Cc1[c]n(-c2ccccc2)nc1-c1nn(C)c(=O)o1. The van der Waals surface area contributed by atoms with Gasteiger partial charge in [-0.1, -0.05) is 18.2 Å². The minimum Gasteiger partial charge on any atom is -0.386 e. The van der Waals surface area contributed by atoms with E-state index in [9.17, 15) is 4.79 Å². The van der Waals surface area contributed by atoms with Crippen LogP contribution < -0.4 is 5.76 Å². The third kappa shape index (κ3) is 1.97. The van der Waals surface area contributed by atoms with E-state index in [0.717, 1.165) is 15.9 Å². The van der Waals surface area contributed by atoms with E-state index in [1.165, 1.54) is 7.05 Å². The zero-order valence-electron chi connectivity index (χ0n) is 10.5. The van der Waals surface area contributed by atoms with Crippen LogP contribution in [-0.2, 0) is 7.05 Å². The third-order valence-corrected chi connectivity index (χ3v) is 2.72. The molecule has 0 unspecified atom stereocenters. The van der Waals surface area contributed by atoms with Gasteiger partial charge in [-0.25, -0.2) is 9.48 Å². The number of benzene rings is 1. The summed E-state index contributed by atoms with van der Waals surface area (Å²) in [5.74, 6) is -0.306. The molecule has 6 heteroatoms. The van der Waals surface area contributed by atoms with Crippen LogP contribution >= 0.6 is 0 Å². The van der Waals surface area contributed by atoms with E-state index in [2.05, 4.69) is 16.4 Å². The lowest BCUT2D eigenvalue weighted by Gasteiger charge is -1.98. The van der Waals surface area contributed by atoms with Crippen molar-refractivity contribution in [2.75, 3.05) is 0 Å². The van der Waals surface area contributed by atoms with Gasteiger partial charge in [-0.15, -0.1) is 5.10 Å². The molecular formula is C13H11N4O2. The third-order valence-electron chi connectivity index (χ3n) is 2.72. The van der Waals surface area contributed by atoms with E-state index >= 15 is 0 Å². The van der Waals surface area contributed by atoms with Gasteiger partial charge in [0.25, 0.3) is 5.89 Å². The van der Waals surface area contributed by atoms with Crippen LogP contribution in [-0.4, -0.2) is 19.6 Å². The summed E-state index contributed by atoms with van der Waals surface area (Å²) >= 11 is 0. The summed E-state index contributed by atoms with van der Waals surface area (Å²) in [6, 6.07) is 9.60. The van der Waals surface area contributed by atoms with E-state index < -0.39 is 5.76 Å². The van der Waals surface area contributed by atoms with Crippen LogP contribution in [0.5, 0.6) is 0 Å². The summed E-state index contributed by atoms with van der Waals surface area (Å²) in [6.07, 6.45) is 3.08. The van der Waals surface area contributed by atoms with E-state index in [1.807, 2.05) is 37.3 Å². The Morgan fingerprint density at radius 2 is 1.95 bits per heavy atom. The van der Waals surface area contributed by atoms with Gasteiger partial charge in [0.05, 0.1) is 11.9 Å². The smallest absolute Gasteiger partial charge is 0.386 e. The van der Waals surface area contributed by atoms with Gasteiger partial charge in [0.2, 0.25) is 0 Å². The van der Waals surface area contributed by atoms with E-state index in [4.69, 9.17) is 4.42 Å². The number of para-hydroxylation sites is 1. The Balaban J connectivity index is 2.10. The maximum Gasteiger partial charge on any atom is 0.437 e. The molecule has 2 heterocycles. The van der Waals surface area contributed by atoms with E-state index in [1.54, 1.807) is 4.68 Å². The molecule has 3 rings (SSSR count). The molecule has 0 bridgehead atoms. The highest BCUT2D eigenvalue weighted by Gasteiger charge is 2.15. The molecule has 1 radical (unpaired) electrons. The molecule has 0 N–H and O–H groups in total. The van der Waals surface area contributed by atoms with E-state index in [0.29, 0.717) is 5.69 Å². The monoisotopic (exact) mass is 255 g/mol. The Morgan fingerprint density at radius 1 is 1.21 bits per heavy atom. The number of aryl methyl sites for hydroxylation is 2. The van der Waals surface area contributed by atoms with Gasteiger partial charge in [-0.2, -0.15) is 9.78 Å². The maximum absolute atomic E-state index is 11.3. The normalized spacial score (nSPS) is 10.8. The van der Waals surface area contributed by atoms with Crippen molar-refractivity contribution in [3.05, 3.63) is 52.6 Å². The molecule has 1 aromatic carbocycles. The second kappa shape index (κ2) is 4.24. The van der Waals surface area contributed by atoms with Gasteiger partial charge in [-0.3, -0.25) is 0 Å². The first-order chi connectivity index (χ1) is 9.15. The van der Waals surface area contributed by atoms with Gasteiger partial charge < -0.3 is 4.42 Å². The van der Waals surface area contributed by atoms with Crippen molar-refractivity contribution in [3.8, 4) is 17.3 Å². The average molecular weight is 255 g/mol. The fourth-order valence-corrected chi connectivity index (χ4v) is 1.75. The lowest BCUT2D eigenvalue weighted by molar-refractivity contribution is 0.503. The van der Waals surface area contributed by atoms with Gasteiger partial charge in [0, 0.05) is 12.6 Å². The Hall–Kier alpha value is -2.63. The summed E-state index contributed by atoms with van der Waals surface area (Å²) < 4.78 is 7.78. The van der Waals surface area contributed by atoms with Crippen LogP contribution in [0.1, 0.15) is 5.56 Å². The number of hydrogen-bond donors (Lipinski definition) is 0. The number of nitrogens with zero attached hydrogens (tertiary/aromatic N) is 4. The highest BCUT2D eigenvalue weighted by molar-refractivity contribution is 5.51. The molecule has 0 spiro atoms. The molecule has 0 amide bonds. The first-order valence-electron chi connectivity index (χ1n) is 5.74. The molecule has 2 aromatic heterocycles. The highest BCUT2D eigenvalue weighted by Crippen LogP contribution is 2.19. The predicted molar refractivity (Wildman–Crippen MR) is 67.9 cm³/mol.